The first-order valence-corrected chi connectivity index (χ1v) is 5.25. The van der Waals surface area contributed by atoms with Gasteiger partial charge in [-0.25, -0.2) is 0 Å². The van der Waals surface area contributed by atoms with Crippen molar-refractivity contribution < 1.29 is 5.11 Å². The van der Waals surface area contributed by atoms with E-state index in [0.717, 1.165) is 13.0 Å². The van der Waals surface area contributed by atoms with Crippen molar-refractivity contribution in [3.63, 3.8) is 0 Å². The molecule has 0 saturated carbocycles. The second-order valence-corrected chi connectivity index (χ2v) is 5.09. The number of aliphatic hydroxyl groups excluding tert-OH is 1. The Kier molecular flexibility index (Phi) is 5.57. The van der Waals surface area contributed by atoms with Crippen LogP contribution in [-0.2, 0) is 0 Å². The fraction of sp³-hybridized carbons (Fsp3) is 1.00. The van der Waals surface area contributed by atoms with E-state index in [1.807, 2.05) is 0 Å². The van der Waals surface area contributed by atoms with E-state index >= 15 is 0 Å². The van der Waals surface area contributed by atoms with E-state index in [1.165, 1.54) is 0 Å². The number of hydrogen-bond acceptors (Lipinski definition) is 2. The van der Waals surface area contributed by atoms with Gasteiger partial charge in [0.25, 0.3) is 0 Å². The van der Waals surface area contributed by atoms with Crippen molar-refractivity contribution >= 4 is 0 Å². The van der Waals surface area contributed by atoms with Gasteiger partial charge in [0, 0.05) is 5.54 Å². The van der Waals surface area contributed by atoms with Crippen LogP contribution < -0.4 is 5.32 Å². The van der Waals surface area contributed by atoms with Gasteiger partial charge in [0.05, 0.1) is 6.61 Å². The minimum atomic E-state index is -0.0988. The molecule has 0 amide bonds. The molecule has 0 aromatic heterocycles. The lowest BCUT2D eigenvalue weighted by molar-refractivity contribution is 0.149. The highest BCUT2D eigenvalue weighted by Crippen LogP contribution is 2.15. The Bertz CT molecular complexity index is 134. The summed E-state index contributed by atoms with van der Waals surface area (Å²) in [4.78, 5) is 0. The Morgan fingerprint density at radius 2 is 1.69 bits per heavy atom. The summed E-state index contributed by atoms with van der Waals surface area (Å²) >= 11 is 0. The van der Waals surface area contributed by atoms with Gasteiger partial charge in [-0.1, -0.05) is 27.7 Å². The molecule has 0 radical (unpaired) electrons. The first-order chi connectivity index (χ1) is 5.89. The van der Waals surface area contributed by atoms with Gasteiger partial charge >= 0.3 is 0 Å². The van der Waals surface area contributed by atoms with Crippen molar-refractivity contribution in [1.82, 2.24) is 5.32 Å². The average molecular weight is 187 g/mol. The fourth-order valence-corrected chi connectivity index (χ4v) is 1.54. The average Bonchev–Trinajstić information content (AvgIpc) is 2.00. The highest BCUT2D eigenvalue weighted by Gasteiger charge is 2.23. The van der Waals surface area contributed by atoms with Crippen LogP contribution in [0.3, 0.4) is 0 Å². The summed E-state index contributed by atoms with van der Waals surface area (Å²) in [5, 5.41) is 12.7. The SMILES string of the molecule is CC(C)CNC(C)(CO)CC(C)C. The highest BCUT2D eigenvalue weighted by molar-refractivity contribution is 4.83. The minimum Gasteiger partial charge on any atom is -0.394 e. The molecule has 1 unspecified atom stereocenters. The summed E-state index contributed by atoms with van der Waals surface area (Å²) in [5.41, 5.74) is -0.0988. The maximum absolute atomic E-state index is 9.28. The number of nitrogens with one attached hydrogen (secondary N) is 1. The minimum absolute atomic E-state index is 0.0988. The topological polar surface area (TPSA) is 32.3 Å². The molecule has 0 fully saturated rings. The Morgan fingerprint density at radius 1 is 1.15 bits per heavy atom. The summed E-state index contributed by atoms with van der Waals surface area (Å²) in [7, 11) is 0. The largest absolute Gasteiger partial charge is 0.394 e. The zero-order valence-electron chi connectivity index (χ0n) is 9.72. The lowest BCUT2D eigenvalue weighted by atomic mass is 9.91. The van der Waals surface area contributed by atoms with Crippen LogP contribution in [0.5, 0.6) is 0 Å². The van der Waals surface area contributed by atoms with Crippen molar-refractivity contribution in [1.29, 1.82) is 0 Å². The normalized spacial score (nSPS) is 16.6. The molecular formula is C11H25NO. The Hall–Kier alpha value is -0.0800. The van der Waals surface area contributed by atoms with Crippen LogP contribution in [0.1, 0.15) is 41.0 Å². The van der Waals surface area contributed by atoms with E-state index in [9.17, 15) is 5.11 Å². The molecule has 0 heterocycles. The molecule has 0 saturated heterocycles. The van der Waals surface area contributed by atoms with Gasteiger partial charge in [-0.3, -0.25) is 0 Å². The highest BCUT2D eigenvalue weighted by atomic mass is 16.3. The van der Waals surface area contributed by atoms with Crippen LogP contribution >= 0.6 is 0 Å². The Labute approximate surface area is 82.7 Å². The predicted octanol–water partition coefficient (Wildman–Crippen LogP) is 2.03. The van der Waals surface area contributed by atoms with Gasteiger partial charge < -0.3 is 10.4 Å². The van der Waals surface area contributed by atoms with Crippen LogP contribution in [0.25, 0.3) is 0 Å². The van der Waals surface area contributed by atoms with E-state index < -0.39 is 0 Å². The Morgan fingerprint density at radius 3 is 2.00 bits per heavy atom. The molecule has 0 rings (SSSR count). The summed E-state index contributed by atoms with van der Waals surface area (Å²) in [6.45, 7) is 12.0. The number of rotatable bonds is 6. The summed E-state index contributed by atoms with van der Waals surface area (Å²) in [6, 6.07) is 0. The maximum Gasteiger partial charge on any atom is 0.0610 e. The quantitative estimate of drug-likeness (QED) is 0.667. The second kappa shape index (κ2) is 5.61. The maximum atomic E-state index is 9.28. The van der Waals surface area contributed by atoms with Crippen molar-refractivity contribution in [2.24, 2.45) is 11.8 Å². The number of aliphatic hydroxyl groups is 1. The monoisotopic (exact) mass is 187 g/mol. The van der Waals surface area contributed by atoms with Crippen molar-refractivity contribution in [2.45, 2.75) is 46.6 Å². The van der Waals surface area contributed by atoms with Gasteiger partial charge in [-0.05, 0) is 31.7 Å². The second-order valence-electron chi connectivity index (χ2n) is 5.09. The molecular weight excluding hydrogens is 162 g/mol. The van der Waals surface area contributed by atoms with Gasteiger partial charge in [0.1, 0.15) is 0 Å². The molecule has 0 aliphatic heterocycles. The van der Waals surface area contributed by atoms with Crippen LogP contribution in [-0.4, -0.2) is 23.8 Å². The molecule has 2 nitrogen and oxygen atoms in total. The van der Waals surface area contributed by atoms with Crippen LogP contribution in [0.2, 0.25) is 0 Å². The van der Waals surface area contributed by atoms with Gasteiger partial charge in [-0.15, -0.1) is 0 Å². The lowest BCUT2D eigenvalue weighted by Crippen LogP contribution is -2.48. The molecule has 80 valence electrons. The lowest BCUT2D eigenvalue weighted by Gasteiger charge is -2.31. The zero-order valence-corrected chi connectivity index (χ0v) is 9.72. The fourth-order valence-electron chi connectivity index (χ4n) is 1.54. The summed E-state index contributed by atoms with van der Waals surface area (Å²) < 4.78 is 0. The third kappa shape index (κ3) is 6.05. The van der Waals surface area contributed by atoms with Gasteiger partial charge in [0.2, 0.25) is 0 Å². The van der Waals surface area contributed by atoms with Crippen LogP contribution in [0.4, 0.5) is 0 Å². The first kappa shape index (κ1) is 12.9. The van der Waals surface area contributed by atoms with Crippen molar-refractivity contribution in [3.05, 3.63) is 0 Å². The molecule has 13 heavy (non-hydrogen) atoms. The predicted molar refractivity (Wildman–Crippen MR) is 57.8 cm³/mol. The molecule has 0 bridgehead atoms. The molecule has 0 aromatic carbocycles. The Balaban J connectivity index is 3.96. The number of hydrogen-bond donors (Lipinski definition) is 2. The van der Waals surface area contributed by atoms with E-state index in [1.54, 1.807) is 0 Å². The molecule has 0 aliphatic rings. The van der Waals surface area contributed by atoms with Crippen LogP contribution in [0.15, 0.2) is 0 Å². The smallest absolute Gasteiger partial charge is 0.0610 e. The summed E-state index contributed by atoms with van der Waals surface area (Å²) in [5.74, 6) is 1.26. The molecule has 1 atom stereocenters. The van der Waals surface area contributed by atoms with Crippen LogP contribution in [0, 0.1) is 11.8 Å². The van der Waals surface area contributed by atoms with Crippen molar-refractivity contribution in [2.75, 3.05) is 13.2 Å². The van der Waals surface area contributed by atoms with E-state index in [2.05, 4.69) is 39.9 Å². The van der Waals surface area contributed by atoms with Crippen molar-refractivity contribution in [3.8, 4) is 0 Å². The third-order valence-corrected chi connectivity index (χ3v) is 2.14. The standard InChI is InChI=1S/C11H25NO/c1-9(2)6-11(5,8-13)12-7-10(3)4/h9-10,12-13H,6-8H2,1-5H3. The van der Waals surface area contributed by atoms with E-state index in [4.69, 9.17) is 0 Å². The first-order valence-electron chi connectivity index (χ1n) is 5.25. The van der Waals surface area contributed by atoms with Gasteiger partial charge in [-0.2, -0.15) is 0 Å². The molecule has 2 N–H and O–H groups in total. The third-order valence-electron chi connectivity index (χ3n) is 2.14. The molecule has 0 aromatic rings. The van der Waals surface area contributed by atoms with E-state index in [0.29, 0.717) is 11.8 Å². The summed E-state index contributed by atoms with van der Waals surface area (Å²) in [6.07, 6.45) is 1.02. The van der Waals surface area contributed by atoms with E-state index in [-0.39, 0.29) is 12.1 Å². The molecule has 0 aliphatic carbocycles. The molecule has 0 spiro atoms. The van der Waals surface area contributed by atoms with Gasteiger partial charge in [0.15, 0.2) is 0 Å². The molecule has 2 heteroatoms. The zero-order chi connectivity index (χ0) is 10.5.